The molecule has 0 aromatic rings. The van der Waals surface area contributed by atoms with E-state index < -0.39 is 0 Å². The van der Waals surface area contributed by atoms with Gasteiger partial charge in [0.15, 0.2) is 0 Å². The molecule has 0 fully saturated rings. The number of hydrogen-bond acceptors (Lipinski definition) is 1. The highest BCUT2D eigenvalue weighted by Crippen LogP contribution is 1.99. The zero-order valence-corrected chi connectivity index (χ0v) is 8.26. The van der Waals surface area contributed by atoms with Gasteiger partial charge in [0, 0.05) is 12.0 Å². The van der Waals surface area contributed by atoms with Gasteiger partial charge in [0.05, 0.1) is 0 Å². The number of rotatable bonds is 5. The van der Waals surface area contributed by atoms with Crippen molar-refractivity contribution in [2.75, 3.05) is 0 Å². The molecule has 1 N–H and O–H groups in total. The Hall–Kier alpha value is -0.790. The van der Waals surface area contributed by atoms with Crippen LogP contribution in [-0.2, 0) is 4.79 Å². The molecule has 2 nitrogen and oxygen atoms in total. The standard InChI is InChI=1S/C10H19NO/c1-5-6-7-9(4)11-10(12)8(2)3/h5,8-9H,1,6-7H2,2-4H3,(H,11,12). The molecule has 0 saturated heterocycles. The maximum atomic E-state index is 11.2. The van der Waals surface area contributed by atoms with Gasteiger partial charge < -0.3 is 5.32 Å². The summed E-state index contributed by atoms with van der Waals surface area (Å²) in [5.74, 6) is 0.211. The van der Waals surface area contributed by atoms with Crippen LogP contribution in [0.4, 0.5) is 0 Å². The fourth-order valence-corrected chi connectivity index (χ4v) is 0.850. The Labute approximate surface area is 75.0 Å². The van der Waals surface area contributed by atoms with Gasteiger partial charge in [-0.1, -0.05) is 19.9 Å². The maximum Gasteiger partial charge on any atom is 0.222 e. The minimum absolute atomic E-state index is 0.0798. The largest absolute Gasteiger partial charge is 0.353 e. The Morgan fingerprint density at radius 1 is 1.50 bits per heavy atom. The summed E-state index contributed by atoms with van der Waals surface area (Å²) in [7, 11) is 0. The van der Waals surface area contributed by atoms with Gasteiger partial charge in [0.2, 0.25) is 5.91 Å². The summed E-state index contributed by atoms with van der Waals surface area (Å²) in [5.41, 5.74) is 0. The number of allylic oxidation sites excluding steroid dienone is 1. The van der Waals surface area contributed by atoms with Gasteiger partial charge >= 0.3 is 0 Å². The molecule has 70 valence electrons. The van der Waals surface area contributed by atoms with Crippen molar-refractivity contribution in [2.45, 2.75) is 39.7 Å². The van der Waals surface area contributed by atoms with E-state index in [2.05, 4.69) is 11.9 Å². The summed E-state index contributed by atoms with van der Waals surface area (Å²) < 4.78 is 0. The average Bonchev–Trinajstić information content (AvgIpc) is 2.00. The van der Waals surface area contributed by atoms with Gasteiger partial charge in [-0.15, -0.1) is 6.58 Å². The van der Waals surface area contributed by atoms with E-state index in [1.807, 2.05) is 26.8 Å². The molecule has 0 aliphatic heterocycles. The maximum absolute atomic E-state index is 11.2. The molecule has 0 aromatic heterocycles. The van der Waals surface area contributed by atoms with Crippen molar-refractivity contribution < 1.29 is 4.79 Å². The molecule has 0 spiro atoms. The van der Waals surface area contributed by atoms with Gasteiger partial charge in [-0.05, 0) is 19.8 Å². The second kappa shape index (κ2) is 5.81. The molecule has 1 unspecified atom stereocenters. The number of nitrogens with one attached hydrogen (secondary N) is 1. The molecule has 0 saturated carbocycles. The van der Waals surface area contributed by atoms with Crippen LogP contribution in [0.1, 0.15) is 33.6 Å². The summed E-state index contributed by atoms with van der Waals surface area (Å²) in [6, 6.07) is 0.262. The van der Waals surface area contributed by atoms with Crippen LogP contribution in [0.2, 0.25) is 0 Å². The lowest BCUT2D eigenvalue weighted by Crippen LogP contribution is -2.35. The van der Waals surface area contributed by atoms with Crippen LogP contribution in [0.3, 0.4) is 0 Å². The minimum atomic E-state index is 0.0798. The Kier molecular flexibility index (Phi) is 5.43. The minimum Gasteiger partial charge on any atom is -0.353 e. The van der Waals surface area contributed by atoms with Gasteiger partial charge in [0.25, 0.3) is 0 Å². The van der Waals surface area contributed by atoms with Crippen molar-refractivity contribution in [3.8, 4) is 0 Å². The third-order valence-corrected chi connectivity index (χ3v) is 1.72. The lowest BCUT2D eigenvalue weighted by molar-refractivity contribution is -0.124. The quantitative estimate of drug-likeness (QED) is 0.627. The first-order valence-electron chi connectivity index (χ1n) is 4.49. The Bertz CT molecular complexity index is 152. The van der Waals surface area contributed by atoms with Crippen molar-refractivity contribution in [1.29, 1.82) is 0 Å². The predicted molar refractivity (Wildman–Crippen MR) is 51.9 cm³/mol. The third-order valence-electron chi connectivity index (χ3n) is 1.72. The van der Waals surface area contributed by atoms with Crippen LogP contribution in [-0.4, -0.2) is 11.9 Å². The molecular formula is C10H19NO. The summed E-state index contributed by atoms with van der Waals surface area (Å²) in [6.45, 7) is 9.45. The van der Waals surface area contributed by atoms with Crippen molar-refractivity contribution in [1.82, 2.24) is 5.32 Å². The van der Waals surface area contributed by atoms with E-state index in [9.17, 15) is 4.79 Å². The molecule has 0 aliphatic carbocycles. The first-order valence-corrected chi connectivity index (χ1v) is 4.49. The van der Waals surface area contributed by atoms with E-state index in [4.69, 9.17) is 0 Å². The van der Waals surface area contributed by atoms with E-state index >= 15 is 0 Å². The van der Waals surface area contributed by atoms with E-state index in [-0.39, 0.29) is 17.9 Å². The van der Waals surface area contributed by atoms with E-state index in [1.165, 1.54) is 0 Å². The Morgan fingerprint density at radius 3 is 2.50 bits per heavy atom. The average molecular weight is 169 g/mol. The summed E-state index contributed by atoms with van der Waals surface area (Å²) >= 11 is 0. The highest BCUT2D eigenvalue weighted by molar-refractivity contribution is 5.78. The summed E-state index contributed by atoms with van der Waals surface area (Å²) in [5, 5.41) is 2.93. The molecule has 0 rings (SSSR count). The SMILES string of the molecule is C=CCCC(C)NC(=O)C(C)C. The van der Waals surface area contributed by atoms with Crippen molar-refractivity contribution in [3.05, 3.63) is 12.7 Å². The molecule has 0 heterocycles. The fourth-order valence-electron chi connectivity index (χ4n) is 0.850. The lowest BCUT2D eigenvalue weighted by atomic mass is 10.1. The van der Waals surface area contributed by atoms with Crippen LogP contribution in [0.25, 0.3) is 0 Å². The highest BCUT2D eigenvalue weighted by Gasteiger charge is 2.09. The van der Waals surface area contributed by atoms with Crippen LogP contribution in [0, 0.1) is 5.92 Å². The van der Waals surface area contributed by atoms with Gasteiger partial charge in [-0.25, -0.2) is 0 Å². The van der Waals surface area contributed by atoms with Crippen LogP contribution in [0.5, 0.6) is 0 Å². The Balaban J connectivity index is 3.60. The highest BCUT2D eigenvalue weighted by atomic mass is 16.1. The molecule has 12 heavy (non-hydrogen) atoms. The monoisotopic (exact) mass is 169 g/mol. The molecule has 0 aromatic carbocycles. The van der Waals surface area contributed by atoms with E-state index in [1.54, 1.807) is 0 Å². The van der Waals surface area contributed by atoms with Gasteiger partial charge in [0.1, 0.15) is 0 Å². The molecule has 1 atom stereocenters. The second-order valence-corrected chi connectivity index (χ2v) is 3.43. The molecular weight excluding hydrogens is 150 g/mol. The second-order valence-electron chi connectivity index (χ2n) is 3.43. The Morgan fingerprint density at radius 2 is 2.08 bits per heavy atom. The summed E-state index contributed by atoms with van der Waals surface area (Å²) in [4.78, 5) is 11.2. The molecule has 0 aliphatic rings. The third kappa shape index (κ3) is 4.94. The van der Waals surface area contributed by atoms with Crippen LogP contribution >= 0.6 is 0 Å². The van der Waals surface area contributed by atoms with Gasteiger partial charge in [-0.3, -0.25) is 4.79 Å². The first-order chi connectivity index (χ1) is 5.57. The van der Waals surface area contributed by atoms with Crippen LogP contribution in [0.15, 0.2) is 12.7 Å². The number of hydrogen-bond donors (Lipinski definition) is 1. The number of carbonyl (C=O) groups is 1. The molecule has 2 heteroatoms. The molecule has 0 radical (unpaired) electrons. The molecule has 1 amide bonds. The molecule has 0 bridgehead atoms. The lowest BCUT2D eigenvalue weighted by Gasteiger charge is -2.14. The fraction of sp³-hybridized carbons (Fsp3) is 0.700. The zero-order valence-electron chi connectivity index (χ0n) is 8.26. The van der Waals surface area contributed by atoms with Gasteiger partial charge in [-0.2, -0.15) is 0 Å². The van der Waals surface area contributed by atoms with Crippen molar-refractivity contribution in [3.63, 3.8) is 0 Å². The van der Waals surface area contributed by atoms with Crippen molar-refractivity contribution in [2.24, 2.45) is 5.92 Å². The normalized spacial score (nSPS) is 12.7. The zero-order chi connectivity index (χ0) is 9.56. The first kappa shape index (κ1) is 11.2. The summed E-state index contributed by atoms with van der Waals surface area (Å²) in [6.07, 6.45) is 3.81. The smallest absolute Gasteiger partial charge is 0.222 e. The number of carbonyl (C=O) groups excluding carboxylic acids is 1. The number of amides is 1. The van der Waals surface area contributed by atoms with Crippen molar-refractivity contribution >= 4 is 5.91 Å². The van der Waals surface area contributed by atoms with Crippen LogP contribution < -0.4 is 5.32 Å². The van der Waals surface area contributed by atoms with E-state index in [0.717, 1.165) is 12.8 Å². The topological polar surface area (TPSA) is 29.1 Å². The predicted octanol–water partition coefficient (Wildman–Crippen LogP) is 2.11. The van der Waals surface area contributed by atoms with E-state index in [0.29, 0.717) is 0 Å².